The summed E-state index contributed by atoms with van der Waals surface area (Å²) in [5.74, 6) is 1.00. The lowest BCUT2D eigenvalue weighted by Gasteiger charge is -2.32. The first-order chi connectivity index (χ1) is 6.90. The van der Waals surface area contributed by atoms with Crippen LogP contribution < -0.4 is 10.2 Å². The molecule has 0 radical (unpaired) electrons. The summed E-state index contributed by atoms with van der Waals surface area (Å²) >= 11 is 0. The maximum Gasteiger partial charge on any atom is 0.147 e. The first kappa shape index (κ1) is 12.2. The third kappa shape index (κ3) is 3.04. The first-order valence-corrected chi connectivity index (χ1v) is 5.08. The first-order valence-electron chi connectivity index (χ1n) is 5.08. The molecular weight excluding hydrogens is 212 g/mol. The van der Waals surface area contributed by atoms with Crippen molar-refractivity contribution in [3.63, 3.8) is 0 Å². The number of rotatable bonds is 2. The van der Waals surface area contributed by atoms with Gasteiger partial charge in [0.05, 0.1) is 6.20 Å². The molecule has 15 heavy (non-hydrogen) atoms. The Hall–Kier alpha value is -0.870. The number of nitrogens with zero attached hydrogens (tertiary/aromatic N) is 3. The smallest absolute Gasteiger partial charge is 0.147 e. The molecule has 0 aromatic carbocycles. The highest BCUT2D eigenvalue weighted by Crippen LogP contribution is 2.15. The van der Waals surface area contributed by atoms with Crippen LogP contribution in [0.4, 0.5) is 5.82 Å². The van der Waals surface area contributed by atoms with E-state index in [2.05, 4.69) is 20.2 Å². The molecule has 0 saturated carbocycles. The summed E-state index contributed by atoms with van der Waals surface area (Å²) in [7, 11) is 2.03. The number of piperidine rings is 1. The lowest BCUT2D eigenvalue weighted by Crippen LogP contribution is -2.41. The molecule has 0 spiro atoms. The van der Waals surface area contributed by atoms with Gasteiger partial charge in [-0.15, -0.1) is 12.4 Å². The van der Waals surface area contributed by atoms with Crippen LogP contribution in [0.3, 0.4) is 0 Å². The Morgan fingerprint density at radius 1 is 1.33 bits per heavy atom. The highest BCUT2D eigenvalue weighted by atomic mass is 35.5. The molecule has 0 bridgehead atoms. The van der Waals surface area contributed by atoms with Gasteiger partial charge < -0.3 is 10.2 Å². The molecule has 1 fully saturated rings. The van der Waals surface area contributed by atoms with E-state index in [0.29, 0.717) is 6.04 Å². The Morgan fingerprint density at radius 3 is 2.60 bits per heavy atom. The monoisotopic (exact) mass is 228 g/mol. The molecule has 84 valence electrons. The topological polar surface area (TPSA) is 41.0 Å². The predicted molar refractivity (Wildman–Crippen MR) is 63.6 cm³/mol. The maximum atomic E-state index is 4.30. The molecule has 0 aliphatic carbocycles. The number of halogens is 1. The van der Waals surface area contributed by atoms with Gasteiger partial charge in [-0.25, -0.2) is 4.98 Å². The summed E-state index contributed by atoms with van der Waals surface area (Å²) in [5, 5.41) is 3.31. The van der Waals surface area contributed by atoms with E-state index in [9.17, 15) is 0 Å². The molecule has 0 amide bonds. The van der Waals surface area contributed by atoms with Crippen molar-refractivity contribution in [2.45, 2.75) is 18.9 Å². The van der Waals surface area contributed by atoms with Crippen LogP contribution in [0.5, 0.6) is 0 Å². The molecule has 2 heterocycles. The zero-order valence-electron chi connectivity index (χ0n) is 8.89. The van der Waals surface area contributed by atoms with E-state index in [4.69, 9.17) is 0 Å². The molecule has 5 heteroatoms. The van der Waals surface area contributed by atoms with Crippen molar-refractivity contribution in [1.29, 1.82) is 0 Å². The molecule has 0 atom stereocenters. The SMILES string of the molecule is CNC1CCN(c2cnccn2)CC1.Cl. The molecule has 2 rings (SSSR count). The average molecular weight is 229 g/mol. The number of hydrogen-bond acceptors (Lipinski definition) is 4. The number of anilines is 1. The van der Waals surface area contributed by atoms with Gasteiger partial charge in [0.1, 0.15) is 5.82 Å². The van der Waals surface area contributed by atoms with Crippen LogP contribution in [-0.4, -0.2) is 36.1 Å². The van der Waals surface area contributed by atoms with Crippen molar-refractivity contribution in [3.8, 4) is 0 Å². The normalized spacial score (nSPS) is 17.3. The lowest BCUT2D eigenvalue weighted by atomic mass is 10.1. The summed E-state index contributed by atoms with van der Waals surface area (Å²) < 4.78 is 0. The van der Waals surface area contributed by atoms with Gasteiger partial charge in [0.25, 0.3) is 0 Å². The Kier molecular flexibility index (Phi) is 4.78. The molecule has 1 aromatic rings. The van der Waals surface area contributed by atoms with Crippen molar-refractivity contribution in [2.75, 3.05) is 25.0 Å². The summed E-state index contributed by atoms with van der Waals surface area (Å²) in [6.45, 7) is 2.15. The maximum absolute atomic E-state index is 4.30. The summed E-state index contributed by atoms with van der Waals surface area (Å²) in [6, 6.07) is 0.669. The Balaban J connectivity index is 0.00000112. The van der Waals surface area contributed by atoms with Crippen molar-refractivity contribution in [3.05, 3.63) is 18.6 Å². The van der Waals surface area contributed by atoms with E-state index in [0.717, 1.165) is 18.9 Å². The molecule has 1 aromatic heterocycles. The molecule has 1 aliphatic rings. The van der Waals surface area contributed by atoms with E-state index >= 15 is 0 Å². The molecule has 1 N–H and O–H groups in total. The highest BCUT2D eigenvalue weighted by Gasteiger charge is 2.18. The highest BCUT2D eigenvalue weighted by molar-refractivity contribution is 5.85. The third-order valence-electron chi connectivity index (χ3n) is 2.78. The minimum absolute atomic E-state index is 0. The molecular formula is C10H17ClN4. The summed E-state index contributed by atoms with van der Waals surface area (Å²) in [4.78, 5) is 10.7. The summed E-state index contributed by atoms with van der Waals surface area (Å²) in [6.07, 6.45) is 7.67. The van der Waals surface area contributed by atoms with Crippen molar-refractivity contribution >= 4 is 18.2 Å². The fraction of sp³-hybridized carbons (Fsp3) is 0.600. The van der Waals surface area contributed by atoms with Gasteiger partial charge in [-0.05, 0) is 19.9 Å². The zero-order valence-corrected chi connectivity index (χ0v) is 9.70. The fourth-order valence-corrected chi connectivity index (χ4v) is 1.85. The van der Waals surface area contributed by atoms with Crippen LogP contribution >= 0.6 is 12.4 Å². The number of hydrogen-bond donors (Lipinski definition) is 1. The minimum atomic E-state index is 0. The minimum Gasteiger partial charge on any atom is -0.355 e. The largest absolute Gasteiger partial charge is 0.355 e. The third-order valence-corrected chi connectivity index (χ3v) is 2.78. The molecule has 0 unspecified atom stereocenters. The van der Waals surface area contributed by atoms with Gasteiger partial charge in [-0.2, -0.15) is 0 Å². The number of nitrogens with one attached hydrogen (secondary N) is 1. The molecule has 1 saturated heterocycles. The van der Waals surface area contributed by atoms with Gasteiger partial charge in [-0.1, -0.05) is 0 Å². The van der Waals surface area contributed by atoms with Gasteiger partial charge in [0.2, 0.25) is 0 Å². The predicted octanol–water partition coefficient (Wildman–Crippen LogP) is 1.09. The van der Waals surface area contributed by atoms with Gasteiger partial charge in [0, 0.05) is 31.5 Å². The van der Waals surface area contributed by atoms with Gasteiger partial charge in [-0.3, -0.25) is 4.98 Å². The van der Waals surface area contributed by atoms with Crippen LogP contribution in [0.2, 0.25) is 0 Å². The van der Waals surface area contributed by atoms with E-state index in [1.165, 1.54) is 12.8 Å². The van der Waals surface area contributed by atoms with Gasteiger partial charge >= 0.3 is 0 Å². The lowest BCUT2D eigenvalue weighted by molar-refractivity contribution is 0.440. The van der Waals surface area contributed by atoms with Crippen LogP contribution in [0.15, 0.2) is 18.6 Å². The fourth-order valence-electron chi connectivity index (χ4n) is 1.85. The molecule has 1 aliphatic heterocycles. The van der Waals surface area contributed by atoms with Crippen LogP contribution in [0.25, 0.3) is 0 Å². The average Bonchev–Trinajstić information content (AvgIpc) is 2.30. The van der Waals surface area contributed by atoms with Gasteiger partial charge in [0.15, 0.2) is 0 Å². The quantitative estimate of drug-likeness (QED) is 0.823. The standard InChI is InChI=1S/C10H16N4.ClH/c1-11-9-2-6-14(7-3-9)10-8-12-4-5-13-10;/h4-5,8-9,11H,2-3,6-7H2,1H3;1H. The molecule has 4 nitrogen and oxygen atoms in total. The number of aromatic nitrogens is 2. The summed E-state index contributed by atoms with van der Waals surface area (Å²) in [5.41, 5.74) is 0. The Morgan fingerprint density at radius 2 is 2.07 bits per heavy atom. The van der Waals surface area contributed by atoms with Crippen LogP contribution in [0, 0.1) is 0 Å². The second-order valence-corrected chi connectivity index (χ2v) is 3.61. The second-order valence-electron chi connectivity index (χ2n) is 3.61. The van der Waals surface area contributed by atoms with E-state index in [1.807, 2.05) is 13.2 Å². The van der Waals surface area contributed by atoms with E-state index in [1.54, 1.807) is 12.4 Å². The van der Waals surface area contributed by atoms with Crippen molar-refractivity contribution in [2.24, 2.45) is 0 Å². The van der Waals surface area contributed by atoms with E-state index in [-0.39, 0.29) is 12.4 Å². The Labute approximate surface area is 96.5 Å². The van der Waals surface area contributed by atoms with Crippen LogP contribution in [-0.2, 0) is 0 Å². The van der Waals surface area contributed by atoms with Crippen molar-refractivity contribution in [1.82, 2.24) is 15.3 Å². The van der Waals surface area contributed by atoms with Crippen LogP contribution in [0.1, 0.15) is 12.8 Å². The Bertz CT molecular complexity index is 272. The van der Waals surface area contributed by atoms with Crippen molar-refractivity contribution < 1.29 is 0 Å². The van der Waals surface area contributed by atoms with E-state index < -0.39 is 0 Å². The second kappa shape index (κ2) is 5.88. The zero-order chi connectivity index (χ0) is 9.80.